The molecule has 0 aliphatic rings. The Balaban J connectivity index is 2.49. The van der Waals surface area contributed by atoms with Crippen molar-refractivity contribution in [2.75, 3.05) is 0 Å². The van der Waals surface area contributed by atoms with Crippen LogP contribution >= 0.6 is 0 Å². The van der Waals surface area contributed by atoms with E-state index in [1.165, 1.54) is 0 Å². The molecule has 1 aromatic carbocycles. The van der Waals surface area contributed by atoms with Crippen molar-refractivity contribution in [3.05, 3.63) is 62.1 Å². The van der Waals surface area contributed by atoms with Gasteiger partial charge in [-0.3, -0.25) is 42.5 Å². The summed E-state index contributed by atoms with van der Waals surface area (Å²) in [6, 6.07) is 0. The molecular formula is C21H21N3O6. The van der Waals surface area contributed by atoms with E-state index in [9.17, 15) is 28.8 Å². The van der Waals surface area contributed by atoms with Crippen LogP contribution in [-0.2, 0) is 19.6 Å². The minimum atomic E-state index is -0.704. The molecule has 0 bridgehead atoms. The van der Waals surface area contributed by atoms with Crippen molar-refractivity contribution in [2.45, 2.75) is 59.7 Å². The Bertz CT molecular complexity index is 1310. The summed E-state index contributed by atoms with van der Waals surface area (Å²) in [7, 11) is 0. The van der Waals surface area contributed by atoms with Crippen molar-refractivity contribution >= 4 is 32.3 Å². The molecule has 30 heavy (non-hydrogen) atoms. The molecule has 4 aromatic rings. The second-order valence-corrected chi connectivity index (χ2v) is 7.54. The van der Waals surface area contributed by atoms with Gasteiger partial charge in [-0.2, -0.15) is 0 Å². The lowest BCUT2D eigenvalue weighted by atomic mass is 10.0. The smallest absolute Gasteiger partial charge is 0.262 e. The van der Waals surface area contributed by atoms with Gasteiger partial charge in [0.1, 0.15) is 0 Å². The molecule has 156 valence electrons. The highest BCUT2D eigenvalue weighted by Gasteiger charge is 2.30. The molecule has 3 aromatic heterocycles. The standard InChI is InChI=1S/C21H21N3O6/c1-4-7-22-16(25)10-11(17(22)26)13-15(21(30)24(9-6-3)19(13)28)14-12(10)18(27)23(8-5-2)20(14)29/h4-9H2,1-3H3. The van der Waals surface area contributed by atoms with Crippen LogP contribution in [0.15, 0.2) is 28.8 Å². The monoisotopic (exact) mass is 411 g/mol. The van der Waals surface area contributed by atoms with E-state index in [-0.39, 0.29) is 52.0 Å². The third-order valence-electron chi connectivity index (χ3n) is 5.60. The highest BCUT2D eigenvalue weighted by molar-refractivity contribution is 6.25. The summed E-state index contributed by atoms with van der Waals surface area (Å²) >= 11 is 0. The Morgan fingerprint density at radius 3 is 0.700 bits per heavy atom. The van der Waals surface area contributed by atoms with Crippen LogP contribution in [0.2, 0.25) is 0 Å². The zero-order valence-electron chi connectivity index (χ0n) is 17.0. The van der Waals surface area contributed by atoms with Gasteiger partial charge >= 0.3 is 0 Å². The van der Waals surface area contributed by atoms with E-state index >= 15 is 0 Å². The maximum absolute atomic E-state index is 13.1. The molecular weight excluding hydrogens is 390 g/mol. The van der Waals surface area contributed by atoms with E-state index < -0.39 is 33.4 Å². The van der Waals surface area contributed by atoms with Crippen molar-refractivity contribution in [2.24, 2.45) is 0 Å². The SMILES string of the molecule is CCCn1c(=O)c2c3c(=O)n(CCC)c(=O)c3c3c(=O)n(CCC)c(=O)c3c2c1=O. The van der Waals surface area contributed by atoms with Gasteiger partial charge in [-0.15, -0.1) is 0 Å². The maximum Gasteiger partial charge on any atom is 0.262 e. The summed E-state index contributed by atoms with van der Waals surface area (Å²) in [5.41, 5.74) is -4.22. The summed E-state index contributed by atoms with van der Waals surface area (Å²) in [6.07, 6.45) is 1.46. The van der Waals surface area contributed by atoms with E-state index in [1.807, 2.05) is 0 Å². The van der Waals surface area contributed by atoms with E-state index in [0.717, 1.165) is 13.7 Å². The van der Waals surface area contributed by atoms with Gasteiger partial charge in [0.05, 0.1) is 32.3 Å². The van der Waals surface area contributed by atoms with Crippen molar-refractivity contribution < 1.29 is 0 Å². The van der Waals surface area contributed by atoms with Crippen LogP contribution in [0, 0.1) is 0 Å². The van der Waals surface area contributed by atoms with Crippen molar-refractivity contribution in [3.8, 4) is 0 Å². The number of benzene rings is 1. The van der Waals surface area contributed by atoms with Crippen LogP contribution < -0.4 is 33.4 Å². The van der Waals surface area contributed by atoms with E-state index in [0.29, 0.717) is 19.3 Å². The quantitative estimate of drug-likeness (QED) is 0.449. The molecule has 9 heteroatoms. The minimum absolute atomic E-state index is 0.109. The molecule has 0 aliphatic carbocycles. The minimum Gasteiger partial charge on any atom is -0.274 e. The fourth-order valence-electron chi connectivity index (χ4n) is 4.40. The Labute approximate surface area is 168 Å². The third-order valence-corrected chi connectivity index (χ3v) is 5.60. The first kappa shape index (κ1) is 19.9. The van der Waals surface area contributed by atoms with Crippen LogP contribution in [0.1, 0.15) is 40.0 Å². The predicted octanol–water partition coefficient (Wildman–Crippen LogP) is 0.255. The van der Waals surface area contributed by atoms with Gasteiger partial charge in [0.2, 0.25) is 0 Å². The molecule has 0 amide bonds. The van der Waals surface area contributed by atoms with Crippen molar-refractivity contribution in [3.63, 3.8) is 0 Å². The van der Waals surface area contributed by atoms with Crippen molar-refractivity contribution in [1.29, 1.82) is 0 Å². The van der Waals surface area contributed by atoms with Gasteiger partial charge in [-0.05, 0) is 19.3 Å². The predicted molar refractivity (Wildman–Crippen MR) is 115 cm³/mol. The average molecular weight is 411 g/mol. The van der Waals surface area contributed by atoms with Gasteiger partial charge in [-0.1, -0.05) is 20.8 Å². The zero-order valence-corrected chi connectivity index (χ0v) is 17.0. The average Bonchev–Trinajstić information content (AvgIpc) is 3.21. The molecule has 3 heterocycles. The molecule has 0 radical (unpaired) electrons. The Kier molecular flexibility index (Phi) is 4.56. The molecule has 0 spiro atoms. The number of hydrogen-bond acceptors (Lipinski definition) is 6. The van der Waals surface area contributed by atoms with Crippen LogP contribution in [-0.4, -0.2) is 13.7 Å². The lowest BCUT2D eigenvalue weighted by Crippen LogP contribution is -2.26. The molecule has 0 saturated carbocycles. The second-order valence-electron chi connectivity index (χ2n) is 7.54. The van der Waals surface area contributed by atoms with Gasteiger partial charge in [0.25, 0.3) is 33.4 Å². The largest absolute Gasteiger partial charge is 0.274 e. The Morgan fingerprint density at radius 2 is 0.567 bits per heavy atom. The maximum atomic E-state index is 13.1. The summed E-state index contributed by atoms with van der Waals surface area (Å²) in [4.78, 5) is 78.5. The van der Waals surface area contributed by atoms with Crippen LogP contribution in [0.3, 0.4) is 0 Å². The first-order valence-electron chi connectivity index (χ1n) is 10.1. The topological polar surface area (TPSA) is 117 Å². The Hall–Kier alpha value is -3.36. The summed E-state index contributed by atoms with van der Waals surface area (Å²) in [5.74, 6) is 0. The van der Waals surface area contributed by atoms with Gasteiger partial charge < -0.3 is 0 Å². The normalized spacial score (nSPS) is 12.1. The molecule has 0 atom stereocenters. The molecule has 0 fully saturated rings. The summed E-state index contributed by atoms with van der Waals surface area (Å²) in [6.45, 7) is 5.68. The first-order chi connectivity index (χ1) is 14.3. The lowest BCUT2D eigenvalue weighted by molar-refractivity contribution is 0.648. The first-order valence-corrected chi connectivity index (χ1v) is 10.1. The van der Waals surface area contributed by atoms with Gasteiger partial charge in [-0.25, -0.2) is 0 Å². The molecule has 0 N–H and O–H groups in total. The van der Waals surface area contributed by atoms with Gasteiger partial charge in [0.15, 0.2) is 0 Å². The van der Waals surface area contributed by atoms with E-state index in [4.69, 9.17) is 0 Å². The summed E-state index contributed by atoms with van der Waals surface area (Å²) < 4.78 is 2.93. The van der Waals surface area contributed by atoms with Crippen LogP contribution in [0.4, 0.5) is 0 Å². The molecule has 9 nitrogen and oxygen atoms in total. The second kappa shape index (κ2) is 6.86. The van der Waals surface area contributed by atoms with Gasteiger partial charge in [0, 0.05) is 19.6 Å². The van der Waals surface area contributed by atoms with E-state index in [1.54, 1.807) is 20.8 Å². The Morgan fingerprint density at radius 1 is 0.400 bits per heavy atom. The van der Waals surface area contributed by atoms with Crippen LogP contribution in [0.5, 0.6) is 0 Å². The molecule has 0 aliphatic heterocycles. The zero-order chi connectivity index (χ0) is 21.9. The number of rotatable bonds is 6. The molecule has 4 rings (SSSR count). The fourth-order valence-corrected chi connectivity index (χ4v) is 4.40. The third kappa shape index (κ3) is 2.28. The number of hydrogen-bond donors (Lipinski definition) is 0. The highest BCUT2D eigenvalue weighted by atomic mass is 16.2. The van der Waals surface area contributed by atoms with Crippen molar-refractivity contribution in [1.82, 2.24) is 13.7 Å². The molecule has 0 unspecified atom stereocenters. The number of aromatic nitrogens is 3. The molecule has 0 saturated heterocycles. The summed E-state index contributed by atoms with van der Waals surface area (Å²) in [5, 5.41) is -1.34. The van der Waals surface area contributed by atoms with E-state index in [2.05, 4.69) is 0 Å². The highest BCUT2D eigenvalue weighted by Crippen LogP contribution is 2.25. The number of fused-ring (bicyclic) bond motifs is 6. The lowest BCUT2D eigenvalue weighted by Gasteiger charge is -1.94. The van der Waals surface area contributed by atoms with Crippen LogP contribution in [0.25, 0.3) is 32.3 Å². The fraction of sp³-hybridized carbons (Fsp3) is 0.429. The number of nitrogens with zero attached hydrogens (tertiary/aromatic N) is 3.